The first kappa shape index (κ1) is 15.8. The van der Waals surface area contributed by atoms with Gasteiger partial charge < -0.3 is 20.5 Å². The van der Waals surface area contributed by atoms with Gasteiger partial charge in [-0.2, -0.15) is 5.26 Å². The summed E-state index contributed by atoms with van der Waals surface area (Å²) >= 11 is 0. The molecule has 1 atom stereocenters. The van der Waals surface area contributed by atoms with Crippen molar-refractivity contribution < 1.29 is 9.47 Å². The van der Waals surface area contributed by atoms with Gasteiger partial charge in [-0.1, -0.05) is 18.2 Å². The van der Waals surface area contributed by atoms with Crippen molar-refractivity contribution in [2.75, 3.05) is 19.0 Å². The first-order chi connectivity index (χ1) is 11.7. The van der Waals surface area contributed by atoms with Crippen LogP contribution in [0.2, 0.25) is 0 Å². The van der Waals surface area contributed by atoms with Crippen molar-refractivity contribution in [2.24, 2.45) is 5.73 Å². The molecule has 122 valence electrons. The molecule has 0 bridgehead atoms. The molecule has 3 rings (SSSR count). The van der Waals surface area contributed by atoms with E-state index in [2.05, 4.69) is 11.4 Å². The highest BCUT2D eigenvalue weighted by molar-refractivity contribution is 5.61. The van der Waals surface area contributed by atoms with Crippen LogP contribution in [-0.2, 0) is 0 Å². The number of anilines is 1. The molecule has 0 saturated carbocycles. The van der Waals surface area contributed by atoms with E-state index in [0.29, 0.717) is 11.3 Å². The van der Waals surface area contributed by atoms with Crippen molar-refractivity contribution in [1.29, 1.82) is 5.26 Å². The van der Waals surface area contributed by atoms with Crippen LogP contribution in [0.3, 0.4) is 0 Å². The molecule has 24 heavy (non-hydrogen) atoms. The maximum Gasteiger partial charge on any atom is 0.205 e. The molecule has 1 unspecified atom stereocenters. The fraction of sp³-hybridized carbons (Fsp3) is 0.211. The Morgan fingerprint density at radius 3 is 2.83 bits per heavy atom. The van der Waals surface area contributed by atoms with Gasteiger partial charge in [-0.15, -0.1) is 0 Å². The second kappa shape index (κ2) is 6.55. The Kier molecular flexibility index (Phi) is 4.30. The second-order valence-electron chi connectivity index (χ2n) is 5.48. The average molecular weight is 321 g/mol. The Labute approximate surface area is 141 Å². The topological polar surface area (TPSA) is 80.3 Å². The van der Waals surface area contributed by atoms with Crippen LogP contribution in [0.5, 0.6) is 11.5 Å². The van der Waals surface area contributed by atoms with E-state index in [1.807, 2.05) is 49.4 Å². The van der Waals surface area contributed by atoms with E-state index in [0.717, 1.165) is 29.1 Å². The van der Waals surface area contributed by atoms with Crippen LogP contribution in [0, 0.1) is 11.3 Å². The van der Waals surface area contributed by atoms with Crippen LogP contribution in [0.4, 0.5) is 5.69 Å². The van der Waals surface area contributed by atoms with Gasteiger partial charge in [-0.3, -0.25) is 0 Å². The third-order valence-electron chi connectivity index (χ3n) is 4.03. The van der Waals surface area contributed by atoms with Crippen molar-refractivity contribution in [3.63, 3.8) is 0 Å². The summed E-state index contributed by atoms with van der Waals surface area (Å²) in [6.45, 7) is 2.84. The number of nitrogens with zero attached hydrogens (tertiary/aromatic N) is 1. The van der Waals surface area contributed by atoms with Gasteiger partial charge in [0.2, 0.25) is 5.88 Å². The summed E-state index contributed by atoms with van der Waals surface area (Å²) in [5, 5.41) is 12.8. The Morgan fingerprint density at radius 1 is 1.29 bits per heavy atom. The number of ether oxygens (including phenoxy) is 2. The standard InChI is InChI=1S/C19H19N3O2/c1-3-22-13-7-8-15-17(10-13)24-19(21)16(11-20)18(15)12-5-4-6-14(9-12)23-2/h4-10,18,22H,3,21H2,1-2H3. The van der Waals surface area contributed by atoms with Crippen LogP contribution in [0.1, 0.15) is 24.0 Å². The molecule has 0 aromatic heterocycles. The summed E-state index contributed by atoms with van der Waals surface area (Å²) in [5.74, 6) is 1.27. The van der Waals surface area contributed by atoms with Gasteiger partial charge in [-0.25, -0.2) is 0 Å². The monoisotopic (exact) mass is 321 g/mol. The number of methoxy groups -OCH3 is 1. The number of nitrogens with one attached hydrogen (secondary N) is 1. The number of nitrogens with two attached hydrogens (primary N) is 1. The minimum atomic E-state index is -0.274. The van der Waals surface area contributed by atoms with Gasteiger partial charge in [-0.05, 0) is 30.7 Å². The molecule has 1 aliphatic heterocycles. The molecule has 3 N–H and O–H groups in total. The first-order valence-electron chi connectivity index (χ1n) is 7.77. The van der Waals surface area contributed by atoms with Crippen molar-refractivity contribution in [1.82, 2.24) is 0 Å². The predicted molar refractivity (Wildman–Crippen MR) is 92.9 cm³/mol. The minimum absolute atomic E-state index is 0.145. The lowest BCUT2D eigenvalue weighted by Gasteiger charge is -2.27. The van der Waals surface area contributed by atoms with E-state index in [9.17, 15) is 5.26 Å². The highest BCUT2D eigenvalue weighted by Crippen LogP contribution is 2.43. The largest absolute Gasteiger partial charge is 0.497 e. The molecule has 0 amide bonds. The second-order valence-corrected chi connectivity index (χ2v) is 5.48. The summed E-state index contributed by atoms with van der Waals surface area (Å²) in [5.41, 5.74) is 9.22. The fourth-order valence-corrected chi connectivity index (χ4v) is 2.93. The zero-order chi connectivity index (χ0) is 17.1. The van der Waals surface area contributed by atoms with Crippen molar-refractivity contribution >= 4 is 5.69 Å². The van der Waals surface area contributed by atoms with Crippen molar-refractivity contribution in [3.05, 3.63) is 65.0 Å². The highest BCUT2D eigenvalue weighted by Gasteiger charge is 2.30. The Bertz CT molecular complexity index is 837. The van der Waals surface area contributed by atoms with Crippen LogP contribution < -0.4 is 20.5 Å². The van der Waals surface area contributed by atoms with Gasteiger partial charge in [0.15, 0.2) is 0 Å². The Morgan fingerprint density at radius 2 is 2.12 bits per heavy atom. The fourth-order valence-electron chi connectivity index (χ4n) is 2.93. The lowest BCUT2D eigenvalue weighted by atomic mass is 9.83. The molecule has 0 saturated heterocycles. The van der Waals surface area contributed by atoms with E-state index in [1.165, 1.54) is 0 Å². The smallest absolute Gasteiger partial charge is 0.205 e. The molecule has 2 aromatic rings. The quantitative estimate of drug-likeness (QED) is 0.902. The molecular weight excluding hydrogens is 302 g/mol. The summed E-state index contributed by atoms with van der Waals surface area (Å²) in [6.07, 6.45) is 0. The van der Waals surface area contributed by atoms with Crippen LogP contribution >= 0.6 is 0 Å². The van der Waals surface area contributed by atoms with Crippen molar-refractivity contribution in [3.8, 4) is 17.6 Å². The minimum Gasteiger partial charge on any atom is -0.497 e. The summed E-state index contributed by atoms with van der Waals surface area (Å²) in [6, 6.07) is 15.7. The number of hydrogen-bond acceptors (Lipinski definition) is 5. The number of allylic oxidation sites excluding steroid dienone is 1. The summed E-state index contributed by atoms with van der Waals surface area (Å²) in [4.78, 5) is 0. The molecule has 5 nitrogen and oxygen atoms in total. The van der Waals surface area contributed by atoms with Gasteiger partial charge in [0.1, 0.15) is 23.1 Å². The number of fused-ring (bicyclic) bond motifs is 1. The van der Waals surface area contributed by atoms with Gasteiger partial charge in [0.25, 0.3) is 0 Å². The molecule has 0 fully saturated rings. The number of nitriles is 1. The Hall–Kier alpha value is -3.13. The molecular formula is C19H19N3O2. The number of benzene rings is 2. The lowest BCUT2D eigenvalue weighted by molar-refractivity contribution is 0.393. The van der Waals surface area contributed by atoms with E-state index >= 15 is 0 Å². The van der Waals surface area contributed by atoms with E-state index < -0.39 is 0 Å². The first-order valence-corrected chi connectivity index (χ1v) is 7.77. The maximum absolute atomic E-state index is 9.57. The molecule has 1 aliphatic rings. The third kappa shape index (κ3) is 2.74. The SMILES string of the molecule is CCNc1ccc2c(c1)OC(N)=C(C#N)C2c1cccc(OC)c1. The van der Waals surface area contributed by atoms with Crippen LogP contribution in [0.15, 0.2) is 53.9 Å². The van der Waals surface area contributed by atoms with Crippen LogP contribution in [0.25, 0.3) is 0 Å². The van der Waals surface area contributed by atoms with Crippen LogP contribution in [-0.4, -0.2) is 13.7 Å². The van der Waals surface area contributed by atoms with E-state index in [-0.39, 0.29) is 11.8 Å². The zero-order valence-electron chi connectivity index (χ0n) is 13.7. The Balaban J connectivity index is 2.14. The molecule has 0 spiro atoms. The average Bonchev–Trinajstić information content (AvgIpc) is 2.60. The maximum atomic E-state index is 9.57. The normalized spacial score (nSPS) is 16.0. The molecule has 2 aromatic carbocycles. The van der Waals surface area contributed by atoms with Gasteiger partial charge in [0.05, 0.1) is 13.0 Å². The van der Waals surface area contributed by atoms with Crippen molar-refractivity contribution in [2.45, 2.75) is 12.8 Å². The van der Waals surface area contributed by atoms with E-state index in [1.54, 1.807) is 7.11 Å². The molecule has 0 aliphatic carbocycles. The summed E-state index contributed by atoms with van der Waals surface area (Å²) < 4.78 is 11.0. The zero-order valence-corrected chi connectivity index (χ0v) is 13.7. The highest BCUT2D eigenvalue weighted by atomic mass is 16.5. The molecule has 0 radical (unpaired) electrons. The number of rotatable bonds is 4. The lowest BCUT2D eigenvalue weighted by Crippen LogP contribution is -2.21. The van der Waals surface area contributed by atoms with Gasteiger partial charge in [0, 0.05) is 23.9 Å². The molecule has 1 heterocycles. The predicted octanol–water partition coefficient (Wildman–Crippen LogP) is 3.35. The summed E-state index contributed by atoms with van der Waals surface area (Å²) in [7, 11) is 1.62. The van der Waals surface area contributed by atoms with E-state index in [4.69, 9.17) is 15.2 Å². The third-order valence-corrected chi connectivity index (χ3v) is 4.03. The number of hydrogen-bond donors (Lipinski definition) is 2. The molecule has 5 heteroatoms. The van der Waals surface area contributed by atoms with Gasteiger partial charge >= 0.3 is 0 Å².